The molecule has 5 atom stereocenters. The highest BCUT2D eigenvalue weighted by Crippen LogP contribution is 2.58. The van der Waals surface area contributed by atoms with Gasteiger partial charge in [0.05, 0.1) is 24.5 Å². The van der Waals surface area contributed by atoms with Gasteiger partial charge >= 0.3 is 5.97 Å². The Morgan fingerprint density at radius 1 is 1.32 bits per heavy atom. The zero-order valence-corrected chi connectivity index (χ0v) is 19.7. The number of hydrogen-bond donors (Lipinski definition) is 1. The van der Waals surface area contributed by atoms with E-state index < -0.39 is 35.6 Å². The lowest BCUT2D eigenvalue weighted by Gasteiger charge is -2.36. The van der Waals surface area contributed by atoms with Gasteiger partial charge in [0, 0.05) is 26.2 Å². The summed E-state index contributed by atoms with van der Waals surface area (Å²) in [6.07, 6.45) is 3.50. The van der Waals surface area contributed by atoms with Gasteiger partial charge in [-0.2, -0.15) is 0 Å². The number of likely N-dealkylation sites (tertiary alicyclic amines) is 1. The number of benzene rings is 1. The topological polar surface area (TPSA) is 96.4 Å². The maximum Gasteiger partial charge on any atom is 0.312 e. The lowest BCUT2D eigenvalue weighted by Crippen LogP contribution is -2.56. The van der Waals surface area contributed by atoms with Crippen molar-refractivity contribution in [2.24, 2.45) is 11.8 Å². The number of aliphatic hydroxyl groups is 1. The minimum atomic E-state index is -1.04. The minimum Gasteiger partial charge on any atom is -0.466 e. The van der Waals surface area contributed by atoms with Crippen LogP contribution in [0, 0.1) is 11.8 Å². The predicted octanol–water partition coefficient (Wildman–Crippen LogP) is 1.91. The van der Waals surface area contributed by atoms with E-state index >= 15 is 0 Å². The lowest BCUT2D eigenvalue weighted by atomic mass is 9.70. The van der Waals surface area contributed by atoms with Crippen molar-refractivity contribution >= 4 is 17.8 Å². The van der Waals surface area contributed by atoms with E-state index in [1.54, 1.807) is 22.8 Å². The van der Waals surface area contributed by atoms with Crippen LogP contribution in [-0.4, -0.2) is 76.7 Å². The van der Waals surface area contributed by atoms with E-state index in [2.05, 4.69) is 6.58 Å². The SMILES string of the molecule is C=CCN(Cc1ccccc1)C(=O)[C@H]1N(CCCCO)C(=O)[C@@H]2[C@@H](C(=O)OCC)[C@H]3CC[C@]21O3. The lowest BCUT2D eigenvalue weighted by molar-refractivity contribution is -0.155. The highest BCUT2D eigenvalue weighted by molar-refractivity contribution is 5.98. The van der Waals surface area contributed by atoms with Crippen molar-refractivity contribution in [2.75, 3.05) is 26.3 Å². The second-order valence-electron chi connectivity index (χ2n) is 9.26. The molecule has 3 aliphatic heterocycles. The van der Waals surface area contributed by atoms with Crippen LogP contribution in [-0.2, 0) is 30.4 Å². The molecule has 1 spiro atoms. The van der Waals surface area contributed by atoms with Gasteiger partial charge in [-0.25, -0.2) is 0 Å². The average Bonchev–Trinajstić information content (AvgIpc) is 3.47. The van der Waals surface area contributed by atoms with Crippen molar-refractivity contribution in [1.29, 1.82) is 0 Å². The normalized spacial score (nSPS) is 29.2. The molecule has 3 fully saturated rings. The molecule has 2 bridgehead atoms. The van der Waals surface area contributed by atoms with E-state index in [4.69, 9.17) is 9.47 Å². The van der Waals surface area contributed by atoms with E-state index in [1.807, 2.05) is 30.3 Å². The number of unbranched alkanes of at least 4 members (excludes halogenated alkanes) is 1. The third kappa shape index (κ3) is 4.14. The summed E-state index contributed by atoms with van der Waals surface area (Å²) in [5.74, 6) is -2.27. The number of aliphatic hydroxyl groups excluding tert-OH is 1. The number of amides is 2. The van der Waals surface area contributed by atoms with E-state index in [9.17, 15) is 19.5 Å². The maximum absolute atomic E-state index is 14.1. The van der Waals surface area contributed by atoms with Gasteiger partial charge in [-0.3, -0.25) is 14.4 Å². The Morgan fingerprint density at radius 2 is 2.09 bits per heavy atom. The molecule has 0 aromatic heterocycles. The fourth-order valence-corrected chi connectivity index (χ4v) is 5.94. The number of ether oxygens (including phenoxy) is 2. The molecule has 0 saturated carbocycles. The van der Waals surface area contributed by atoms with Crippen LogP contribution in [0.5, 0.6) is 0 Å². The molecule has 0 unspecified atom stereocenters. The Bertz CT molecular complexity index is 921. The smallest absolute Gasteiger partial charge is 0.312 e. The van der Waals surface area contributed by atoms with Crippen LogP contribution >= 0.6 is 0 Å². The number of esters is 1. The average molecular weight is 471 g/mol. The standard InChI is InChI=1S/C26H34N2O6/c1-3-14-27(17-18-10-6-5-7-11-18)24(31)22-26-13-12-19(34-26)20(25(32)33-4-2)21(26)23(30)28(22)15-8-9-16-29/h3,5-7,10-11,19-22,29H,1,4,8-9,12-17H2,2H3/t19-,20+,21+,22-,26+/m1/s1. The third-order valence-corrected chi connectivity index (χ3v) is 7.28. The summed E-state index contributed by atoms with van der Waals surface area (Å²) in [6, 6.07) is 8.86. The molecule has 8 nitrogen and oxygen atoms in total. The molecule has 3 heterocycles. The van der Waals surface area contributed by atoms with Gasteiger partial charge in [-0.05, 0) is 38.2 Å². The Hall–Kier alpha value is -2.71. The zero-order valence-electron chi connectivity index (χ0n) is 19.7. The van der Waals surface area contributed by atoms with Crippen LogP contribution in [0.4, 0.5) is 0 Å². The molecule has 34 heavy (non-hydrogen) atoms. The van der Waals surface area contributed by atoms with Crippen molar-refractivity contribution in [3.05, 3.63) is 48.6 Å². The third-order valence-electron chi connectivity index (χ3n) is 7.28. The second kappa shape index (κ2) is 10.3. The number of rotatable bonds is 11. The van der Waals surface area contributed by atoms with Crippen molar-refractivity contribution in [3.63, 3.8) is 0 Å². The molecular formula is C26H34N2O6. The fraction of sp³-hybridized carbons (Fsp3) is 0.577. The van der Waals surface area contributed by atoms with E-state index in [0.29, 0.717) is 45.3 Å². The van der Waals surface area contributed by atoms with Crippen molar-refractivity contribution < 1.29 is 29.0 Å². The van der Waals surface area contributed by atoms with Gasteiger partial charge in [0.25, 0.3) is 0 Å². The molecule has 1 N–H and O–H groups in total. The Morgan fingerprint density at radius 3 is 2.76 bits per heavy atom. The molecule has 8 heteroatoms. The molecule has 0 radical (unpaired) electrons. The van der Waals surface area contributed by atoms with Gasteiger partial charge in [0.1, 0.15) is 11.6 Å². The first-order valence-electron chi connectivity index (χ1n) is 12.2. The quantitative estimate of drug-likeness (QED) is 0.302. The van der Waals surface area contributed by atoms with Gasteiger partial charge in [-0.1, -0.05) is 36.4 Å². The monoisotopic (exact) mass is 470 g/mol. The van der Waals surface area contributed by atoms with Gasteiger partial charge in [0.15, 0.2) is 0 Å². The largest absolute Gasteiger partial charge is 0.466 e. The molecule has 3 aliphatic rings. The van der Waals surface area contributed by atoms with Crippen LogP contribution in [0.25, 0.3) is 0 Å². The van der Waals surface area contributed by atoms with E-state index in [0.717, 1.165) is 5.56 Å². The zero-order chi connectivity index (χ0) is 24.3. The second-order valence-corrected chi connectivity index (χ2v) is 9.26. The number of hydrogen-bond acceptors (Lipinski definition) is 6. The molecule has 2 amide bonds. The summed E-state index contributed by atoms with van der Waals surface area (Å²) >= 11 is 0. The first-order valence-corrected chi connectivity index (χ1v) is 12.2. The Balaban J connectivity index is 1.68. The highest BCUT2D eigenvalue weighted by Gasteiger charge is 2.74. The first-order chi connectivity index (χ1) is 16.5. The molecule has 184 valence electrons. The molecular weight excluding hydrogens is 436 g/mol. The molecule has 0 aliphatic carbocycles. The highest BCUT2D eigenvalue weighted by atomic mass is 16.6. The summed E-state index contributed by atoms with van der Waals surface area (Å²) in [7, 11) is 0. The number of fused-ring (bicyclic) bond motifs is 1. The Kier molecular flexibility index (Phi) is 7.38. The summed E-state index contributed by atoms with van der Waals surface area (Å²) in [4.78, 5) is 43.9. The van der Waals surface area contributed by atoms with E-state index in [-0.39, 0.29) is 25.0 Å². The summed E-state index contributed by atoms with van der Waals surface area (Å²) in [5.41, 5.74) is -0.0603. The van der Waals surface area contributed by atoms with Crippen LogP contribution in [0.1, 0.15) is 38.2 Å². The molecule has 1 aromatic carbocycles. The van der Waals surface area contributed by atoms with Crippen molar-refractivity contribution in [1.82, 2.24) is 9.80 Å². The van der Waals surface area contributed by atoms with Crippen LogP contribution in [0.3, 0.4) is 0 Å². The maximum atomic E-state index is 14.1. The van der Waals surface area contributed by atoms with Crippen molar-refractivity contribution in [3.8, 4) is 0 Å². The first kappa shape index (κ1) is 24.4. The number of nitrogens with zero attached hydrogens (tertiary/aromatic N) is 2. The van der Waals surface area contributed by atoms with Gasteiger partial charge < -0.3 is 24.4 Å². The minimum absolute atomic E-state index is 0.00976. The fourth-order valence-electron chi connectivity index (χ4n) is 5.94. The summed E-state index contributed by atoms with van der Waals surface area (Å²) < 4.78 is 11.7. The Labute approximate surface area is 200 Å². The predicted molar refractivity (Wildman–Crippen MR) is 124 cm³/mol. The van der Waals surface area contributed by atoms with Crippen LogP contribution < -0.4 is 0 Å². The summed E-state index contributed by atoms with van der Waals surface area (Å²) in [5, 5.41) is 9.27. The van der Waals surface area contributed by atoms with Crippen LogP contribution in [0.2, 0.25) is 0 Å². The molecule has 3 saturated heterocycles. The van der Waals surface area contributed by atoms with Crippen molar-refractivity contribution in [2.45, 2.75) is 56.9 Å². The van der Waals surface area contributed by atoms with Crippen LogP contribution in [0.15, 0.2) is 43.0 Å². The van der Waals surface area contributed by atoms with E-state index in [1.165, 1.54) is 0 Å². The number of carbonyl (C=O) groups is 3. The summed E-state index contributed by atoms with van der Waals surface area (Å²) in [6.45, 7) is 6.83. The number of carbonyl (C=O) groups excluding carboxylic acids is 3. The van der Waals surface area contributed by atoms with Gasteiger partial charge in [0.2, 0.25) is 11.8 Å². The van der Waals surface area contributed by atoms with Gasteiger partial charge in [-0.15, -0.1) is 6.58 Å². The molecule has 4 rings (SSSR count). The molecule has 1 aromatic rings.